The van der Waals surface area contributed by atoms with Gasteiger partial charge in [0.25, 0.3) is 0 Å². The van der Waals surface area contributed by atoms with Gasteiger partial charge in [-0.2, -0.15) is 4.31 Å². The largest absolute Gasteiger partial charge is 0.383 e. The number of rotatable bonds is 7. The van der Waals surface area contributed by atoms with Crippen LogP contribution in [0, 0.1) is 0 Å². The van der Waals surface area contributed by atoms with Crippen molar-refractivity contribution >= 4 is 39.1 Å². The van der Waals surface area contributed by atoms with Gasteiger partial charge in [0.2, 0.25) is 15.9 Å². The van der Waals surface area contributed by atoms with E-state index in [2.05, 4.69) is 10.3 Å². The number of likely N-dealkylation sites (N-methyl/N-ethyl adjacent to an activating group) is 1. The third-order valence-electron chi connectivity index (χ3n) is 2.47. The van der Waals surface area contributed by atoms with Crippen molar-refractivity contribution in [1.29, 1.82) is 0 Å². The molecule has 118 valence electrons. The summed E-state index contributed by atoms with van der Waals surface area (Å²) in [6.45, 7) is 0.322. The van der Waals surface area contributed by atoms with Crippen LogP contribution >= 0.6 is 23.2 Å². The standard InChI is InChI=1S/C11H15Cl2N3O4S/c1-16(7-10(17)14-3-4-20-2)21(18,19)8-5-9(12)11(13)15-6-8/h5-6H,3-4,7H2,1-2H3,(H,14,17). The Morgan fingerprint density at radius 1 is 1.48 bits per heavy atom. The summed E-state index contributed by atoms with van der Waals surface area (Å²) in [4.78, 5) is 15.1. The molecule has 0 aliphatic carbocycles. The molecule has 7 nitrogen and oxygen atoms in total. The summed E-state index contributed by atoms with van der Waals surface area (Å²) < 4.78 is 30.2. The van der Waals surface area contributed by atoms with Crippen LogP contribution in [-0.2, 0) is 19.6 Å². The molecule has 0 radical (unpaired) electrons. The summed E-state index contributed by atoms with van der Waals surface area (Å²) in [5.74, 6) is -0.439. The maximum atomic E-state index is 12.2. The maximum Gasteiger partial charge on any atom is 0.244 e. The van der Waals surface area contributed by atoms with Gasteiger partial charge in [0.05, 0.1) is 18.2 Å². The van der Waals surface area contributed by atoms with E-state index in [0.717, 1.165) is 10.5 Å². The number of nitrogens with zero attached hydrogens (tertiary/aromatic N) is 2. The van der Waals surface area contributed by atoms with E-state index in [9.17, 15) is 13.2 Å². The van der Waals surface area contributed by atoms with Gasteiger partial charge in [-0.15, -0.1) is 0 Å². The summed E-state index contributed by atoms with van der Waals surface area (Å²) >= 11 is 11.4. The lowest BCUT2D eigenvalue weighted by Crippen LogP contribution is -2.39. The molecule has 0 aliphatic rings. The zero-order valence-corrected chi connectivity index (χ0v) is 13.8. The first-order chi connectivity index (χ1) is 9.78. The topological polar surface area (TPSA) is 88.6 Å². The van der Waals surface area contributed by atoms with Crippen LogP contribution in [0.4, 0.5) is 0 Å². The monoisotopic (exact) mass is 355 g/mol. The highest BCUT2D eigenvalue weighted by molar-refractivity contribution is 7.89. The summed E-state index contributed by atoms with van der Waals surface area (Å²) in [6.07, 6.45) is 1.09. The molecule has 1 N–H and O–H groups in total. The van der Waals surface area contributed by atoms with E-state index in [1.807, 2.05) is 0 Å². The molecule has 0 spiro atoms. The van der Waals surface area contributed by atoms with Crippen LogP contribution < -0.4 is 5.32 Å². The zero-order valence-electron chi connectivity index (χ0n) is 11.5. The first-order valence-corrected chi connectivity index (χ1v) is 8.01. The fourth-order valence-electron chi connectivity index (χ4n) is 1.36. The van der Waals surface area contributed by atoms with Gasteiger partial charge >= 0.3 is 0 Å². The Morgan fingerprint density at radius 2 is 2.14 bits per heavy atom. The molecular weight excluding hydrogens is 341 g/mol. The molecule has 1 amide bonds. The third-order valence-corrected chi connectivity index (χ3v) is 4.93. The molecule has 1 aromatic heterocycles. The minimum atomic E-state index is -3.87. The van der Waals surface area contributed by atoms with Crippen molar-refractivity contribution in [2.24, 2.45) is 0 Å². The fraction of sp³-hybridized carbons (Fsp3) is 0.455. The number of ether oxygens (including phenoxy) is 1. The molecule has 0 atom stereocenters. The van der Waals surface area contributed by atoms with Crippen molar-refractivity contribution in [1.82, 2.24) is 14.6 Å². The van der Waals surface area contributed by atoms with Crippen LogP contribution in [0.15, 0.2) is 17.2 Å². The Labute approximate surface area is 133 Å². The Bertz CT molecular complexity index is 609. The molecule has 10 heteroatoms. The highest BCUT2D eigenvalue weighted by Crippen LogP contribution is 2.23. The first-order valence-electron chi connectivity index (χ1n) is 5.82. The number of halogens is 2. The Kier molecular flexibility index (Phi) is 6.82. The molecule has 0 bridgehead atoms. The van der Waals surface area contributed by atoms with Crippen LogP contribution in [0.5, 0.6) is 0 Å². The van der Waals surface area contributed by atoms with E-state index in [-0.39, 0.29) is 21.6 Å². The number of hydrogen-bond donors (Lipinski definition) is 1. The van der Waals surface area contributed by atoms with Crippen LogP contribution in [0.2, 0.25) is 10.2 Å². The number of carbonyl (C=O) groups is 1. The quantitative estimate of drug-likeness (QED) is 0.576. The number of aromatic nitrogens is 1. The molecule has 0 unspecified atom stereocenters. The van der Waals surface area contributed by atoms with Gasteiger partial charge in [0, 0.05) is 26.9 Å². The molecule has 0 aliphatic heterocycles. The normalized spacial score (nSPS) is 11.7. The van der Waals surface area contributed by atoms with Crippen molar-refractivity contribution < 1.29 is 17.9 Å². The predicted octanol–water partition coefficient (Wildman–Crippen LogP) is 0.772. The van der Waals surface area contributed by atoms with Crippen molar-refractivity contribution in [2.45, 2.75) is 4.90 Å². The van der Waals surface area contributed by atoms with E-state index in [1.54, 1.807) is 0 Å². The Morgan fingerprint density at radius 3 is 2.71 bits per heavy atom. The third kappa shape index (κ3) is 5.08. The van der Waals surface area contributed by atoms with Gasteiger partial charge in [0.15, 0.2) is 0 Å². The zero-order chi connectivity index (χ0) is 16.0. The molecule has 0 fully saturated rings. The van der Waals surface area contributed by atoms with E-state index in [4.69, 9.17) is 27.9 Å². The molecular formula is C11H15Cl2N3O4S. The molecule has 1 rings (SSSR count). The molecule has 1 aromatic rings. The van der Waals surface area contributed by atoms with Gasteiger partial charge in [-0.25, -0.2) is 13.4 Å². The first kappa shape index (κ1) is 18.1. The second-order valence-electron chi connectivity index (χ2n) is 4.05. The highest BCUT2D eigenvalue weighted by atomic mass is 35.5. The number of methoxy groups -OCH3 is 1. The molecule has 0 saturated heterocycles. The summed E-state index contributed by atoms with van der Waals surface area (Å²) in [6, 6.07) is 1.19. The van der Waals surface area contributed by atoms with Gasteiger partial charge in [-0.05, 0) is 6.07 Å². The van der Waals surface area contributed by atoms with E-state index in [0.29, 0.717) is 13.2 Å². The fourth-order valence-corrected chi connectivity index (χ4v) is 2.79. The summed E-state index contributed by atoms with van der Waals surface area (Å²) in [5.41, 5.74) is 0. The smallest absolute Gasteiger partial charge is 0.244 e. The van der Waals surface area contributed by atoms with Crippen molar-refractivity contribution in [2.75, 3.05) is 33.9 Å². The van der Waals surface area contributed by atoms with Crippen molar-refractivity contribution in [3.05, 3.63) is 22.4 Å². The van der Waals surface area contributed by atoms with E-state index >= 15 is 0 Å². The molecule has 0 aromatic carbocycles. The second-order valence-corrected chi connectivity index (χ2v) is 6.86. The van der Waals surface area contributed by atoms with Crippen LogP contribution in [-0.4, -0.2) is 57.5 Å². The van der Waals surface area contributed by atoms with Gasteiger partial charge in [0.1, 0.15) is 10.0 Å². The Hall–Kier alpha value is -0.930. The number of hydrogen-bond acceptors (Lipinski definition) is 5. The number of carbonyl (C=O) groups excluding carboxylic acids is 1. The van der Waals surface area contributed by atoms with E-state index in [1.165, 1.54) is 20.2 Å². The summed E-state index contributed by atoms with van der Waals surface area (Å²) in [7, 11) is -1.08. The Balaban J connectivity index is 2.77. The van der Waals surface area contributed by atoms with Crippen molar-refractivity contribution in [3.8, 4) is 0 Å². The number of amides is 1. The molecule has 1 heterocycles. The van der Waals surface area contributed by atoms with Gasteiger partial charge in [-0.3, -0.25) is 4.79 Å². The molecule has 21 heavy (non-hydrogen) atoms. The van der Waals surface area contributed by atoms with Gasteiger partial charge < -0.3 is 10.1 Å². The number of pyridine rings is 1. The average Bonchev–Trinajstić information content (AvgIpc) is 2.41. The predicted molar refractivity (Wildman–Crippen MR) is 79.0 cm³/mol. The lowest BCUT2D eigenvalue weighted by Gasteiger charge is -2.16. The summed E-state index contributed by atoms with van der Waals surface area (Å²) in [5, 5.41) is 2.56. The van der Waals surface area contributed by atoms with E-state index < -0.39 is 15.9 Å². The van der Waals surface area contributed by atoms with Crippen LogP contribution in [0.3, 0.4) is 0 Å². The molecule has 0 saturated carbocycles. The second kappa shape index (κ2) is 7.90. The lowest BCUT2D eigenvalue weighted by molar-refractivity contribution is -0.121. The minimum Gasteiger partial charge on any atom is -0.383 e. The van der Waals surface area contributed by atoms with Crippen LogP contribution in [0.25, 0.3) is 0 Å². The lowest BCUT2D eigenvalue weighted by atomic mass is 10.5. The average molecular weight is 356 g/mol. The highest BCUT2D eigenvalue weighted by Gasteiger charge is 2.24. The van der Waals surface area contributed by atoms with Gasteiger partial charge in [-0.1, -0.05) is 23.2 Å². The number of sulfonamides is 1. The maximum absolute atomic E-state index is 12.2. The number of nitrogens with one attached hydrogen (secondary N) is 1. The SMILES string of the molecule is COCCNC(=O)CN(C)S(=O)(=O)c1cnc(Cl)c(Cl)c1. The minimum absolute atomic E-state index is 0.00979. The van der Waals surface area contributed by atoms with Crippen LogP contribution in [0.1, 0.15) is 0 Å². The van der Waals surface area contributed by atoms with Crippen molar-refractivity contribution in [3.63, 3.8) is 0 Å².